The van der Waals surface area contributed by atoms with Crippen LogP contribution in [0.25, 0.3) is 0 Å². The maximum atomic E-state index is 13.1. The summed E-state index contributed by atoms with van der Waals surface area (Å²) in [6.07, 6.45) is 4.61. The molecule has 0 amide bonds. The molecule has 0 aromatic heterocycles. The fourth-order valence-corrected chi connectivity index (χ4v) is 5.02. The Labute approximate surface area is 132 Å². The lowest BCUT2D eigenvalue weighted by Gasteiger charge is -2.35. The zero-order chi connectivity index (χ0) is 15.4. The molecule has 3 heteroatoms. The van der Waals surface area contributed by atoms with Crippen LogP contribution in [0.5, 0.6) is 0 Å². The van der Waals surface area contributed by atoms with E-state index in [1.165, 1.54) is 17.5 Å². The van der Waals surface area contributed by atoms with Crippen molar-refractivity contribution in [2.75, 3.05) is 6.54 Å². The highest BCUT2D eigenvalue weighted by Crippen LogP contribution is 2.30. The van der Waals surface area contributed by atoms with E-state index in [2.05, 4.69) is 51.2 Å². The molecule has 0 radical (unpaired) electrons. The Balaban J connectivity index is 2.17. The third kappa shape index (κ3) is 4.17. The molecule has 1 aromatic carbocycles. The van der Waals surface area contributed by atoms with Crippen LogP contribution in [0.2, 0.25) is 0 Å². The van der Waals surface area contributed by atoms with E-state index in [1.54, 1.807) is 0 Å². The zero-order valence-electron chi connectivity index (χ0n) is 13.8. The first-order valence-electron chi connectivity index (χ1n) is 8.24. The molecule has 0 heterocycles. The number of hydrogen-bond acceptors (Lipinski definition) is 2. The van der Waals surface area contributed by atoms with Gasteiger partial charge in [-0.1, -0.05) is 19.9 Å². The molecule has 1 fully saturated rings. The highest BCUT2D eigenvalue weighted by Gasteiger charge is 2.33. The minimum Gasteiger partial charge on any atom is -0.313 e. The van der Waals surface area contributed by atoms with Gasteiger partial charge in [-0.3, -0.25) is 4.21 Å². The molecule has 0 aliphatic heterocycles. The van der Waals surface area contributed by atoms with Crippen molar-refractivity contribution in [2.45, 2.75) is 69.6 Å². The van der Waals surface area contributed by atoms with Crippen molar-refractivity contribution in [1.82, 2.24) is 5.32 Å². The summed E-state index contributed by atoms with van der Waals surface area (Å²) in [5.74, 6) is 0.685. The van der Waals surface area contributed by atoms with Gasteiger partial charge < -0.3 is 5.32 Å². The van der Waals surface area contributed by atoms with Crippen molar-refractivity contribution >= 4 is 10.8 Å². The maximum Gasteiger partial charge on any atom is 0.0576 e. The first-order valence-corrected chi connectivity index (χ1v) is 9.45. The van der Waals surface area contributed by atoms with Gasteiger partial charge in [0.2, 0.25) is 0 Å². The Morgan fingerprint density at radius 3 is 2.67 bits per heavy atom. The van der Waals surface area contributed by atoms with E-state index in [0.29, 0.717) is 12.0 Å². The molecule has 2 nitrogen and oxygen atoms in total. The van der Waals surface area contributed by atoms with Crippen molar-refractivity contribution in [3.63, 3.8) is 0 Å². The number of rotatable bonds is 5. The molecule has 1 aromatic rings. The predicted molar refractivity (Wildman–Crippen MR) is 91.2 cm³/mol. The van der Waals surface area contributed by atoms with Gasteiger partial charge in [-0.15, -0.1) is 0 Å². The van der Waals surface area contributed by atoms with Crippen molar-refractivity contribution in [2.24, 2.45) is 5.92 Å². The van der Waals surface area contributed by atoms with Crippen LogP contribution in [0.4, 0.5) is 0 Å². The predicted octanol–water partition coefficient (Wildman–Crippen LogP) is 3.97. The summed E-state index contributed by atoms with van der Waals surface area (Å²) < 4.78 is 13.1. The van der Waals surface area contributed by atoms with Crippen LogP contribution < -0.4 is 5.32 Å². The van der Waals surface area contributed by atoms with Gasteiger partial charge in [-0.2, -0.15) is 0 Å². The summed E-state index contributed by atoms with van der Waals surface area (Å²) in [7, 11) is -0.905. The van der Waals surface area contributed by atoms with Gasteiger partial charge in [-0.25, -0.2) is 0 Å². The molecule has 0 spiro atoms. The van der Waals surface area contributed by atoms with Gasteiger partial charge in [0.05, 0.1) is 16.0 Å². The average Bonchev–Trinajstić information content (AvgIpc) is 2.48. The Hall–Kier alpha value is -0.670. The lowest BCUT2D eigenvalue weighted by molar-refractivity contribution is 0.313. The Bertz CT molecular complexity index is 498. The average molecular weight is 308 g/mol. The molecule has 4 atom stereocenters. The van der Waals surface area contributed by atoms with Crippen LogP contribution in [-0.2, 0) is 10.8 Å². The molecule has 1 aliphatic rings. The van der Waals surface area contributed by atoms with E-state index in [4.69, 9.17) is 0 Å². The largest absolute Gasteiger partial charge is 0.313 e. The lowest BCUT2D eigenvalue weighted by atomic mass is 9.87. The first-order chi connectivity index (χ1) is 10.0. The number of hydrogen-bond donors (Lipinski definition) is 1. The Morgan fingerprint density at radius 2 is 2.00 bits per heavy atom. The second kappa shape index (κ2) is 7.55. The molecular formula is C18H29NOS. The SMILES string of the molecule is CCCNC1CCC(C)CC1S(=O)c1ccc(C)c(C)c1. The van der Waals surface area contributed by atoms with Crippen molar-refractivity contribution < 1.29 is 4.21 Å². The Kier molecular flexibility index (Phi) is 6.00. The van der Waals surface area contributed by atoms with Crippen LogP contribution in [0.1, 0.15) is 50.7 Å². The summed E-state index contributed by atoms with van der Waals surface area (Å²) in [6.45, 7) is 9.72. The van der Waals surface area contributed by atoms with Crippen molar-refractivity contribution in [3.05, 3.63) is 29.3 Å². The van der Waals surface area contributed by atoms with Gasteiger partial charge >= 0.3 is 0 Å². The van der Waals surface area contributed by atoms with Crippen LogP contribution >= 0.6 is 0 Å². The highest BCUT2D eigenvalue weighted by molar-refractivity contribution is 7.85. The molecule has 1 N–H and O–H groups in total. The second-order valence-corrected chi connectivity index (χ2v) is 8.23. The van der Waals surface area contributed by atoms with Crippen LogP contribution in [0, 0.1) is 19.8 Å². The topological polar surface area (TPSA) is 29.1 Å². The molecule has 21 heavy (non-hydrogen) atoms. The minimum atomic E-state index is -0.905. The normalized spacial score (nSPS) is 27.5. The molecule has 1 aliphatic carbocycles. The van der Waals surface area contributed by atoms with Gasteiger partial charge in [0.15, 0.2) is 0 Å². The third-order valence-corrected chi connectivity index (χ3v) is 6.49. The lowest BCUT2D eigenvalue weighted by Crippen LogP contribution is -2.46. The summed E-state index contributed by atoms with van der Waals surface area (Å²) >= 11 is 0. The van der Waals surface area contributed by atoms with Crippen LogP contribution in [0.3, 0.4) is 0 Å². The van der Waals surface area contributed by atoms with E-state index in [9.17, 15) is 4.21 Å². The molecular weight excluding hydrogens is 278 g/mol. The minimum absolute atomic E-state index is 0.252. The van der Waals surface area contributed by atoms with Gasteiger partial charge in [-0.05, 0) is 75.3 Å². The van der Waals surface area contributed by atoms with E-state index in [0.717, 1.165) is 30.7 Å². The number of nitrogens with one attached hydrogen (secondary N) is 1. The van der Waals surface area contributed by atoms with Crippen LogP contribution in [-0.4, -0.2) is 22.0 Å². The van der Waals surface area contributed by atoms with Gasteiger partial charge in [0.25, 0.3) is 0 Å². The number of aryl methyl sites for hydroxylation is 2. The van der Waals surface area contributed by atoms with Gasteiger partial charge in [0.1, 0.15) is 0 Å². The van der Waals surface area contributed by atoms with Crippen molar-refractivity contribution in [1.29, 1.82) is 0 Å². The number of benzene rings is 1. The molecule has 0 bridgehead atoms. The van der Waals surface area contributed by atoms with Crippen LogP contribution in [0.15, 0.2) is 23.1 Å². The van der Waals surface area contributed by atoms with Crippen molar-refractivity contribution in [3.8, 4) is 0 Å². The van der Waals surface area contributed by atoms with E-state index in [1.807, 2.05) is 0 Å². The highest BCUT2D eigenvalue weighted by atomic mass is 32.2. The fourth-order valence-electron chi connectivity index (χ4n) is 3.14. The van der Waals surface area contributed by atoms with Gasteiger partial charge in [0, 0.05) is 10.9 Å². The zero-order valence-corrected chi connectivity index (χ0v) is 14.6. The molecule has 4 unspecified atom stereocenters. The molecule has 1 saturated carbocycles. The second-order valence-electron chi connectivity index (χ2n) is 6.56. The molecule has 0 saturated heterocycles. The Morgan fingerprint density at radius 1 is 1.24 bits per heavy atom. The summed E-state index contributed by atoms with van der Waals surface area (Å²) in [5, 5.41) is 3.88. The smallest absolute Gasteiger partial charge is 0.0576 e. The maximum absolute atomic E-state index is 13.1. The third-order valence-electron chi connectivity index (χ3n) is 4.70. The quantitative estimate of drug-likeness (QED) is 0.892. The van der Waals surface area contributed by atoms with E-state index >= 15 is 0 Å². The molecule has 2 rings (SSSR count). The molecule has 118 valence electrons. The summed E-state index contributed by atoms with van der Waals surface area (Å²) in [5.41, 5.74) is 2.51. The fraction of sp³-hybridized carbons (Fsp3) is 0.667. The summed E-state index contributed by atoms with van der Waals surface area (Å²) in [4.78, 5) is 1.00. The monoisotopic (exact) mass is 307 g/mol. The summed E-state index contributed by atoms with van der Waals surface area (Å²) in [6, 6.07) is 6.67. The standard InChI is InChI=1S/C18H29NOS/c1-5-10-19-17-9-6-13(2)11-18(17)21(20)16-8-7-14(3)15(4)12-16/h7-8,12-13,17-19H,5-6,9-11H2,1-4H3. The van der Waals surface area contributed by atoms with E-state index in [-0.39, 0.29) is 5.25 Å². The first kappa shape index (κ1) is 16.7. The van der Waals surface area contributed by atoms with E-state index < -0.39 is 10.8 Å².